The van der Waals surface area contributed by atoms with Gasteiger partial charge in [0.2, 0.25) is 0 Å². The number of carboxylic acid groups (broad SMARTS) is 1. The van der Waals surface area contributed by atoms with E-state index in [4.69, 9.17) is 5.11 Å². The minimum Gasteiger partial charge on any atom is -0.480 e. The van der Waals surface area contributed by atoms with Crippen LogP contribution in [0.1, 0.15) is 0 Å². The van der Waals surface area contributed by atoms with Crippen molar-refractivity contribution >= 4 is 33.6 Å². The summed E-state index contributed by atoms with van der Waals surface area (Å²) in [6.07, 6.45) is 0. The van der Waals surface area contributed by atoms with Crippen LogP contribution in [0.4, 0.5) is 4.79 Å². The van der Waals surface area contributed by atoms with Gasteiger partial charge in [-0.25, -0.2) is 18.0 Å². The number of nitrogens with zero attached hydrogens (tertiary/aromatic N) is 2. The molecule has 0 spiro atoms. The van der Waals surface area contributed by atoms with Crippen LogP contribution < -0.4 is 0 Å². The molecular weight excluding hydrogens is 280 g/mol. The molecule has 18 heavy (non-hydrogen) atoms. The normalized spacial score (nSPS) is 27.2. The van der Waals surface area contributed by atoms with E-state index < -0.39 is 21.8 Å². The number of hydrogen-bond acceptors (Lipinski definition) is 5. The number of carboxylic acids is 1. The van der Waals surface area contributed by atoms with Gasteiger partial charge < -0.3 is 14.9 Å². The largest absolute Gasteiger partial charge is 0.480 e. The number of urea groups is 1. The quantitative estimate of drug-likeness (QED) is 0.687. The van der Waals surface area contributed by atoms with Crippen molar-refractivity contribution in [2.24, 2.45) is 0 Å². The molecule has 0 saturated carbocycles. The van der Waals surface area contributed by atoms with Gasteiger partial charge in [-0.1, -0.05) is 0 Å². The number of carbonyl (C=O) groups is 2. The molecule has 2 heterocycles. The Hall–Kier alpha value is -0.960. The van der Waals surface area contributed by atoms with E-state index >= 15 is 0 Å². The van der Waals surface area contributed by atoms with Crippen LogP contribution in [0.15, 0.2) is 0 Å². The van der Waals surface area contributed by atoms with Crippen LogP contribution in [0, 0.1) is 0 Å². The zero-order chi connectivity index (χ0) is 13.3. The summed E-state index contributed by atoms with van der Waals surface area (Å²) in [5.41, 5.74) is 0. The number of hydrogen-bond donors (Lipinski definition) is 1. The molecule has 0 aromatic carbocycles. The summed E-state index contributed by atoms with van der Waals surface area (Å²) < 4.78 is 22.5. The molecule has 0 aromatic rings. The molecule has 0 unspecified atom stereocenters. The van der Waals surface area contributed by atoms with Crippen molar-refractivity contribution in [3.63, 3.8) is 0 Å². The topological polar surface area (TPSA) is 95.0 Å². The average Bonchev–Trinajstić information content (AvgIpc) is 2.77. The Balaban J connectivity index is 2.02. The van der Waals surface area contributed by atoms with Crippen molar-refractivity contribution in [1.29, 1.82) is 0 Å². The van der Waals surface area contributed by atoms with E-state index in [-0.39, 0.29) is 30.6 Å². The van der Waals surface area contributed by atoms with E-state index in [1.807, 2.05) is 0 Å². The van der Waals surface area contributed by atoms with Gasteiger partial charge in [-0.3, -0.25) is 0 Å². The lowest BCUT2D eigenvalue weighted by Crippen LogP contribution is -2.52. The number of amides is 2. The first-order valence-corrected chi connectivity index (χ1v) is 8.45. The molecule has 2 saturated heterocycles. The van der Waals surface area contributed by atoms with Gasteiger partial charge in [0.25, 0.3) is 0 Å². The van der Waals surface area contributed by atoms with Gasteiger partial charge in [-0.15, -0.1) is 11.8 Å². The summed E-state index contributed by atoms with van der Waals surface area (Å²) in [4.78, 5) is 25.8. The average molecular weight is 294 g/mol. The molecule has 2 aliphatic rings. The molecule has 1 atom stereocenters. The van der Waals surface area contributed by atoms with Crippen LogP contribution in [0.5, 0.6) is 0 Å². The molecule has 0 aliphatic carbocycles. The van der Waals surface area contributed by atoms with Crippen molar-refractivity contribution in [2.75, 3.05) is 36.2 Å². The molecule has 0 radical (unpaired) electrons. The Morgan fingerprint density at radius 3 is 2.39 bits per heavy atom. The highest BCUT2D eigenvalue weighted by Gasteiger charge is 2.38. The van der Waals surface area contributed by atoms with Crippen LogP contribution in [0.3, 0.4) is 0 Å². The number of carbonyl (C=O) groups excluding carboxylic acids is 1. The first-order valence-electron chi connectivity index (χ1n) is 5.47. The molecule has 0 bridgehead atoms. The van der Waals surface area contributed by atoms with E-state index in [0.717, 1.165) is 0 Å². The Kier molecular flexibility index (Phi) is 3.71. The smallest absolute Gasteiger partial charge is 0.327 e. The lowest BCUT2D eigenvalue weighted by Gasteiger charge is -2.32. The van der Waals surface area contributed by atoms with E-state index in [1.165, 1.54) is 21.6 Å². The Labute approximate surface area is 109 Å². The lowest BCUT2D eigenvalue weighted by molar-refractivity contribution is -0.140. The second-order valence-electron chi connectivity index (χ2n) is 4.25. The molecule has 2 rings (SSSR count). The van der Waals surface area contributed by atoms with E-state index in [9.17, 15) is 18.0 Å². The maximum Gasteiger partial charge on any atom is 0.327 e. The van der Waals surface area contributed by atoms with Gasteiger partial charge in [0.05, 0.1) is 17.4 Å². The maximum absolute atomic E-state index is 12.1. The van der Waals surface area contributed by atoms with Crippen LogP contribution in [0.2, 0.25) is 0 Å². The van der Waals surface area contributed by atoms with Gasteiger partial charge in [0, 0.05) is 18.8 Å². The van der Waals surface area contributed by atoms with Crippen LogP contribution in [-0.2, 0) is 14.6 Å². The molecule has 2 fully saturated rings. The van der Waals surface area contributed by atoms with Gasteiger partial charge in [-0.2, -0.15) is 0 Å². The van der Waals surface area contributed by atoms with E-state index in [0.29, 0.717) is 11.6 Å². The summed E-state index contributed by atoms with van der Waals surface area (Å²) in [6, 6.07) is -1.18. The fraction of sp³-hybridized carbons (Fsp3) is 0.778. The Morgan fingerprint density at radius 2 is 1.83 bits per heavy atom. The highest BCUT2D eigenvalue weighted by molar-refractivity contribution is 7.99. The van der Waals surface area contributed by atoms with Gasteiger partial charge in [-0.05, 0) is 0 Å². The molecule has 2 aliphatic heterocycles. The fourth-order valence-corrected chi connectivity index (χ4v) is 4.26. The Morgan fingerprint density at radius 1 is 1.22 bits per heavy atom. The summed E-state index contributed by atoms with van der Waals surface area (Å²) in [5.74, 6) is -0.376. The van der Waals surface area contributed by atoms with Crippen LogP contribution in [0.25, 0.3) is 0 Å². The summed E-state index contributed by atoms with van der Waals surface area (Å²) >= 11 is 1.39. The monoisotopic (exact) mass is 294 g/mol. The fourth-order valence-electron chi connectivity index (χ4n) is 1.92. The summed E-state index contributed by atoms with van der Waals surface area (Å²) in [7, 11) is -3.04. The minimum atomic E-state index is -3.04. The molecule has 102 valence electrons. The van der Waals surface area contributed by atoms with Crippen molar-refractivity contribution in [3.05, 3.63) is 0 Å². The first kappa shape index (κ1) is 13.5. The van der Waals surface area contributed by atoms with E-state index in [1.54, 1.807) is 0 Å². The van der Waals surface area contributed by atoms with Crippen LogP contribution in [-0.4, -0.2) is 77.6 Å². The maximum atomic E-state index is 12.1. The summed E-state index contributed by atoms with van der Waals surface area (Å²) in [5, 5.41) is 8.99. The van der Waals surface area contributed by atoms with Crippen molar-refractivity contribution in [1.82, 2.24) is 9.80 Å². The molecule has 9 heteroatoms. The third kappa shape index (κ3) is 2.72. The third-order valence-electron chi connectivity index (χ3n) is 3.03. The SMILES string of the molecule is O=C(O)[C@@H]1CSCN1C(=O)N1CCS(=O)(=O)CC1. The number of thioether (sulfide) groups is 1. The van der Waals surface area contributed by atoms with E-state index in [2.05, 4.69) is 0 Å². The second kappa shape index (κ2) is 4.96. The molecule has 2 amide bonds. The van der Waals surface area contributed by atoms with Gasteiger partial charge in [0.1, 0.15) is 6.04 Å². The second-order valence-corrected chi connectivity index (χ2v) is 7.55. The highest BCUT2D eigenvalue weighted by Crippen LogP contribution is 2.23. The zero-order valence-electron chi connectivity index (χ0n) is 9.61. The minimum absolute atomic E-state index is 0.0442. The zero-order valence-corrected chi connectivity index (χ0v) is 11.2. The van der Waals surface area contributed by atoms with Crippen molar-refractivity contribution in [3.8, 4) is 0 Å². The lowest BCUT2D eigenvalue weighted by atomic mass is 10.3. The molecule has 7 nitrogen and oxygen atoms in total. The number of rotatable bonds is 1. The predicted octanol–water partition coefficient (Wildman–Crippen LogP) is -0.704. The third-order valence-corrected chi connectivity index (χ3v) is 5.65. The summed E-state index contributed by atoms with van der Waals surface area (Å²) in [6.45, 7) is 0.295. The van der Waals surface area contributed by atoms with Crippen LogP contribution >= 0.6 is 11.8 Å². The number of sulfone groups is 1. The molecular formula is C9H14N2O5S2. The number of aliphatic carboxylic acids is 1. The molecule has 1 N–H and O–H groups in total. The first-order chi connectivity index (χ1) is 8.41. The predicted molar refractivity (Wildman–Crippen MR) is 66.2 cm³/mol. The molecule has 0 aromatic heterocycles. The Bertz CT molecular complexity index is 450. The van der Waals surface area contributed by atoms with Gasteiger partial charge >= 0.3 is 12.0 Å². The van der Waals surface area contributed by atoms with Crippen molar-refractivity contribution in [2.45, 2.75) is 6.04 Å². The highest BCUT2D eigenvalue weighted by atomic mass is 32.2. The van der Waals surface area contributed by atoms with Crippen molar-refractivity contribution < 1.29 is 23.1 Å². The standard InChI is InChI=1S/C9H14N2O5S2/c12-8(13)7-5-17-6-11(7)9(14)10-1-3-18(15,16)4-2-10/h7H,1-6H2,(H,12,13)/t7-/m0/s1. The van der Waals surface area contributed by atoms with Gasteiger partial charge in [0.15, 0.2) is 9.84 Å².